The van der Waals surface area contributed by atoms with Crippen LogP contribution in [0.1, 0.15) is 53.5 Å². The first-order valence-electron chi connectivity index (χ1n) is 7.78. The summed E-state index contributed by atoms with van der Waals surface area (Å²) < 4.78 is 5.87. The van der Waals surface area contributed by atoms with E-state index >= 15 is 0 Å². The molecule has 0 aliphatic heterocycles. The highest BCUT2D eigenvalue weighted by Gasteiger charge is 2.23. The van der Waals surface area contributed by atoms with Crippen molar-refractivity contribution in [3.05, 3.63) is 29.8 Å². The van der Waals surface area contributed by atoms with Crippen molar-refractivity contribution in [3.63, 3.8) is 0 Å². The van der Waals surface area contributed by atoms with Crippen molar-refractivity contribution in [2.75, 3.05) is 13.2 Å². The van der Waals surface area contributed by atoms with Gasteiger partial charge in [-0.25, -0.2) is 0 Å². The highest BCUT2D eigenvalue weighted by Crippen LogP contribution is 2.25. The summed E-state index contributed by atoms with van der Waals surface area (Å²) in [6, 6.07) is 8.60. The molecule has 1 rings (SSSR count). The lowest BCUT2D eigenvalue weighted by Crippen LogP contribution is -2.49. The molecule has 1 unspecified atom stereocenters. The van der Waals surface area contributed by atoms with Crippen molar-refractivity contribution in [1.29, 1.82) is 0 Å². The SMILES string of the molecule is CC(C)NC(C)(CO)CCOc1cccc(C(C)(C)C)c1. The second-order valence-corrected chi connectivity index (χ2v) is 7.39. The molecular formula is C18H31NO2. The molecule has 0 amide bonds. The number of hydrogen-bond acceptors (Lipinski definition) is 3. The number of rotatable bonds is 7. The molecule has 0 aromatic heterocycles. The Bertz CT molecular complexity index is 437. The van der Waals surface area contributed by atoms with E-state index in [1.54, 1.807) is 0 Å². The van der Waals surface area contributed by atoms with E-state index in [1.807, 2.05) is 19.1 Å². The Labute approximate surface area is 129 Å². The Kier molecular flexibility index (Phi) is 6.24. The molecule has 0 saturated carbocycles. The van der Waals surface area contributed by atoms with Crippen LogP contribution in [0, 0.1) is 0 Å². The normalized spacial score (nSPS) is 15.0. The summed E-state index contributed by atoms with van der Waals surface area (Å²) >= 11 is 0. The predicted molar refractivity (Wildman–Crippen MR) is 89.0 cm³/mol. The van der Waals surface area contributed by atoms with Gasteiger partial charge in [-0.1, -0.05) is 46.8 Å². The molecule has 0 saturated heterocycles. The van der Waals surface area contributed by atoms with E-state index in [4.69, 9.17) is 4.74 Å². The van der Waals surface area contributed by atoms with Gasteiger partial charge >= 0.3 is 0 Å². The molecule has 0 spiro atoms. The minimum Gasteiger partial charge on any atom is -0.494 e. The number of benzene rings is 1. The summed E-state index contributed by atoms with van der Waals surface area (Å²) in [5, 5.41) is 13.0. The minimum atomic E-state index is -0.296. The Balaban J connectivity index is 2.59. The van der Waals surface area contributed by atoms with Gasteiger partial charge in [-0.2, -0.15) is 0 Å². The fraction of sp³-hybridized carbons (Fsp3) is 0.667. The number of nitrogens with one attached hydrogen (secondary N) is 1. The molecular weight excluding hydrogens is 262 g/mol. The fourth-order valence-corrected chi connectivity index (χ4v) is 2.34. The first-order valence-corrected chi connectivity index (χ1v) is 7.78. The van der Waals surface area contributed by atoms with Crippen molar-refractivity contribution in [2.24, 2.45) is 0 Å². The molecule has 3 heteroatoms. The average Bonchev–Trinajstić information content (AvgIpc) is 2.37. The molecule has 2 N–H and O–H groups in total. The molecule has 0 heterocycles. The number of aliphatic hydroxyl groups excluding tert-OH is 1. The lowest BCUT2D eigenvalue weighted by molar-refractivity contribution is 0.136. The van der Waals surface area contributed by atoms with Crippen LogP contribution in [0.5, 0.6) is 5.75 Å². The Morgan fingerprint density at radius 3 is 2.38 bits per heavy atom. The Morgan fingerprint density at radius 2 is 1.86 bits per heavy atom. The van der Waals surface area contributed by atoms with Crippen LogP contribution in [0.25, 0.3) is 0 Å². The maximum absolute atomic E-state index is 9.56. The van der Waals surface area contributed by atoms with Gasteiger partial charge in [0.25, 0.3) is 0 Å². The third kappa shape index (κ3) is 6.06. The van der Waals surface area contributed by atoms with Gasteiger partial charge < -0.3 is 15.2 Å². The Morgan fingerprint density at radius 1 is 1.19 bits per heavy atom. The van der Waals surface area contributed by atoms with Crippen LogP contribution in [-0.2, 0) is 5.41 Å². The molecule has 0 aliphatic carbocycles. The lowest BCUT2D eigenvalue weighted by atomic mass is 9.87. The molecule has 1 aromatic rings. The van der Waals surface area contributed by atoms with E-state index in [0.717, 1.165) is 12.2 Å². The quantitative estimate of drug-likeness (QED) is 0.808. The summed E-state index contributed by atoms with van der Waals surface area (Å²) in [7, 11) is 0. The third-order valence-corrected chi connectivity index (χ3v) is 3.61. The summed E-state index contributed by atoms with van der Waals surface area (Å²) in [4.78, 5) is 0. The minimum absolute atomic E-state index is 0.108. The van der Waals surface area contributed by atoms with E-state index in [9.17, 15) is 5.11 Å². The third-order valence-electron chi connectivity index (χ3n) is 3.61. The average molecular weight is 293 g/mol. The zero-order valence-corrected chi connectivity index (χ0v) is 14.4. The topological polar surface area (TPSA) is 41.5 Å². The van der Waals surface area contributed by atoms with E-state index in [-0.39, 0.29) is 17.6 Å². The molecule has 1 atom stereocenters. The highest BCUT2D eigenvalue weighted by molar-refractivity contribution is 5.32. The van der Waals surface area contributed by atoms with Crippen molar-refractivity contribution in [3.8, 4) is 5.75 Å². The molecule has 3 nitrogen and oxygen atoms in total. The maximum Gasteiger partial charge on any atom is 0.119 e. The summed E-state index contributed by atoms with van der Waals surface area (Å²) in [6.07, 6.45) is 0.765. The molecule has 0 aliphatic rings. The van der Waals surface area contributed by atoms with Gasteiger partial charge in [-0.05, 0) is 30.0 Å². The van der Waals surface area contributed by atoms with Gasteiger partial charge in [-0.3, -0.25) is 0 Å². The van der Waals surface area contributed by atoms with Crippen LogP contribution in [0.15, 0.2) is 24.3 Å². The zero-order valence-electron chi connectivity index (χ0n) is 14.4. The summed E-state index contributed by atoms with van der Waals surface area (Å²) in [5.41, 5.74) is 1.10. The van der Waals surface area contributed by atoms with E-state index in [0.29, 0.717) is 12.6 Å². The monoisotopic (exact) mass is 293 g/mol. The molecule has 0 bridgehead atoms. The first-order chi connectivity index (χ1) is 9.66. The van der Waals surface area contributed by atoms with Crippen molar-refractivity contribution >= 4 is 0 Å². The molecule has 120 valence electrons. The van der Waals surface area contributed by atoms with Gasteiger partial charge in [-0.15, -0.1) is 0 Å². The van der Waals surface area contributed by atoms with Gasteiger partial charge in [0.15, 0.2) is 0 Å². The van der Waals surface area contributed by atoms with Crippen LogP contribution in [0.3, 0.4) is 0 Å². The number of aliphatic hydroxyl groups is 1. The maximum atomic E-state index is 9.56. The van der Waals surface area contributed by atoms with Crippen LogP contribution < -0.4 is 10.1 Å². The molecule has 21 heavy (non-hydrogen) atoms. The van der Waals surface area contributed by atoms with Crippen LogP contribution in [0.2, 0.25) is 0 Å². The van der Waals surface area contributed by atoms with Crippen LogP contribution >= 0.6 is 0 Å². The summed E-state index contributed by atoms with van der Waals surface area (Å²) in [6.45, 7) is 13.5. The second kappa shape index (κ2) is 7.28. The lowest BCUT2D eigenvalue weighted by Gasteiger charge is -2.31. The van der Waals surface area contributed by atoms with Gasteiger partial charge in [0, 0.05) is 18.0 Å². The van der Waals surface area contributed by atoms with Crippen LogP contribution in [-0.4, -0.2) is 29.9 Å². The van der Waals surface area contributed by atoms with Crippen molar-refractivity contribution in [1.82, 2.24) is 5.32 Å². The fourth-order valence-electron chi connectivity index (χ4n) is 2.34. The van der Waals surface area contributed by atoms with Gasteiger partial charge in [0.05, 0.1) is 13.2 Å². The van der Waals surface area contributed by atoms with Crippen molar-refractivity contribution in [2.45, 2.75) is 65.0 Å². The molecule has 1 aromatic carbocycles. The number of hydrogen-bond donors (Lipinski definition) is 2. The molecule has 0 fully saturated rings. The van der Waals surface area contributed by atoms with E-state index < -0.39 is 0 Å². The number of ether oxygens (including phenoxy) is 1. The smallest absolute Gasteiger partial charge is 0.119 e. The summed E-state index contributed by atoms with van der Waals surface area (Å²) in [5.74, 6) is 0.896. The zero-order chi connectivity index (χ0) is 16.1. The van der Waals surface area contributed by atoms with Gasteiger partial charge in [0.1, 0.15) is 5.75 Å². The van der Waals surface area contributed by atoms with E-state index in [1.165, 1.54) is 5.56 Å². The second-order valence-electron chi connectivity index (χ2n) is 7.39. The first kappa shape index (κ1) is 18.0. The highest BCUT2D eigenvalue weighted by atomic mass is 16.5. The predicted octanol–water partition coefficient (Wildman–Crippen LogP) is 3.50. The molecule has 0 radical (unpaired) electrons. The largest absolute Gasteiger partial charge is 0.494 e. The van der Waals surface area contributed by atoms with Gasteiger partial charge in [0.2, 0.25) is 0 Å². The Hall–Kier alpha value is -1.06. The van der Waals surface area contributed by atoms with Crippen molar-refractivity contribution < 1.29 is 9.84 Å². The van der Waals surface area contributed by atoms with E-state index in [2.05, 4.69) is 52.1 Å². The van der Waals surface area contributed by atoms with Crippen LogP contribution in [0.4, 0.5) is 0 Å². The standard InChI is InChI=1S/C18H31NO2/c1-14(2)19-18(6,13-20)10-11-21-16-9-7-8-15(12-16)17(3,4)5/h7-9,12,14,19-20H,10-11,13H2,1-6H3.